The molecule has 6 heteroatoms. The molecule has 0 aliphatic rings. The maximum atomic E-state index is 8.49. The van der Waals surface area contributed by atoms with E-state index < -0.39 is 0 Å². The molecule has 0 saturated heterocycles. The zero-order valence-electron chi connectivity index (χ0n) is 8.25. The Morgan fingerprint density at radius 2 is 1.94 bits per heavy atom. The summed E-state index contributed by atoms with van der Waals surface area (Å²) in [6, 6.07) is 6.64. The molecule has 0 aliphatic heterocycles. The van der Waals surface area contributed by atoms with Gasteiger partial charge in [0.1, 0.15) is 12.1 Å². The van der Waals surface area contributed by atoms with Crippen molar-refractivity contribution in [1.29, 1.82) is 10.5 Å². The quantitative estimate of drug-likeness (QED) is 0.650. The van der Waals surface area contributed by atoms with E-state index in [-0.39, 0.29) is 5.71 Å². The van der Waals surface area contributed by atoms with E-state index in [2.05, 4.69) is 10.5 Å². The summed E-state index contributed by atoms with van der Waals surface area (Å²) < 4.78 is 0. The summed E-state index contributed by atoms with van der Waals surface area (Å²) in [5.74, 6) is 0. The van der Waals surface area contributed by atoms with Crippen LogP contribution in [-0.2, 0) is 0 Å². The molecule has 1 aromatic carbocycles. The second kappa shape index (κ2) is 5.37. The van der Waals surface area contributed by atoms with Crippen LogP contribution < -0.4 is 5.43 Å². The molecule has 0 radical (unpaired) electrons. The van der Waals surface area contributed by atoms with Crippen LogP contribution in [0.25, 0.3) is 0 Å². The summed E-state index contributed by atoms with van der Waals surface area (Å²) in [6.07, 6.45) is 0. The Morgan fingerprint density at radius 3 is 2.50 bits per heavy atom. The van der Waals surface area contributed by atoms with E-state index in [9.17, 15) is 0 Å². The van der Waals surface area contributed by atoms with E-state index in [4.69, 9.17) is 33.7 Å². The molecule has 0 heterocycles. The minimum atomic E-state index is -0.298. The molecule has 0 amide bonds. The molecule has 1 N–H and O–H groups in total. The molecule has 0 unspecified atom stereocenters. The standard InChI is InChI=1S/C10H6Cl2N4/c1-6-2-3-8(11)10(9(6)12)16-15-7(4-13)5-14/h2-3,16H,1H3. The summed E-state index contributed by atoms with van der Waals surface area (Å²) in [7, 11) is 0. The van der Waals surface area contributed by atoms with Gasteiger partial charge < -0.3 is 0 Å². The summed E-state index contributed by atoms with van der Waals surface area (Å²) in [4.78, 5) is 0. The average molecular weight is 253 g/mol. The number of rotatable bonds is 2. The molecule has 0 spiro atoms. The number of hydrogen-bond donors (Lipinski definition) is 1. The maximum Gasteiger partial charge on any atom is 0.237 e. The summed E-state index contributed by atoms with van der Waals surface area (Å²) in [6.45, 7) is 1.81. The first kappa shape index (κ1) is 12.3. The van der Waals surface area contributed by atoms with Crippen molar-refractivity contribution in [1.82, 2.24) is 0 Å². The van der Waals surface area contributed by atoms with Gasteiger partial charge in [0.25, 0.3) is 0 Å². The molecule has 0 aromatic heterocycles. The fourth-order valence-electron chi connectivity index (χ4n) is 0.946. The predicted octanol–water partition coefficient (Wildman–Crippen LogP) is 3.12. The normalized spacial score (nSPS) is 8.81. The fourth-order valence-corrected chi connectivity index (χ4v) is 1.40. The third kappa shape index (κ3) is 2.64. The Morgan fingerprint density at radius 1 is 1.31 bits per heavy atom. The number of halogens is 2. The second-order valence-electron chi connectivity index (χ2n) is 2.85. The van der Waals surface area contributed by atoms with Gasteiger partial charge >= 0.3 is 0 Å². The van der Waals surface area contributed by atoms with Crippen LogP contribution in [-0.4, -0.2) is 5.71 Å². The number of nitrogens with zero attached hydrogens (tertiary/aromatic N) is 3. The van der Waals surface area contributed by atoms with Crippen LogP contribution in [0.15, 0.2) is 17.2 Å². The van der Waals surface area contributed by atoms with Gasteiger partial charge in [-0.15, -0.1) is 0 Å². The Kier molecular flexibility index (Phi) is 4.13. The van der Waals surface area contributed by atoms with Crippen molar-refractivity contribution in [3.05, 3.63) is 27.7 Å². The van der Waals surface area contributed by atoms with Gasteiger partial charge in [-0.2, -0.15) is 15.6 Å². The van der Waals surface area contributed by atoms with Gasteiger partial charge in [0.2, 0.25) is 5.71 Å². The van der Waals surface area contributed by atoms with Gasteiger partial charge in [-0.05, 0) is 18.6 Å². The summed E-state index contributed by atoms with van der Waals surface area (Å²) in [5, 5.41) is 21.3. The lowest BCUT2D eigenvalue weighted by Crippen LogP contribution is -1.98. The Bertz CT molecular complexity index is 507. The maximum absolute atomic E-state index is 8.49. The first-order valence-electron chi connectivity index (χ1n) is 4.18. The highest BCUT2D eigenvalue weighted by Crippen LogP contribution is 2.32. The van der Waals surface area contributed by atoms with Crippen molar-refractivity contribution in [2.24, 2.45) is 5.10 Å². The zero-order valence-corrected chi connectivity index (χ0v) is 9.76. The summed E-state index contributed by atoms with van der Waals surface area (Å²) in [5.41, 5.74) is 3.41. The number of anilines is 1. The van der Waals surface area contributed by atoms with Crippen molar-refractivity contribution in [3.8, 4) is 12.1 Å². The van der Waals surface area contributed by atoms with Gasteiger partial charge in [0, 0.05) is 0 Å². The highest BCUT2D eigenvalue weighted by molar-refractivity contribution is 6.39. The molecule has 80 valence electrons. The molecule has 1 aromatic rings. The van der Waals surface area contributed by atoms with Crippen molar-refractivity contribution < 1.29 is 0 Å². The lowest BCUT2D eigenvalue weighted by atomic mass is 10.2. The van der Waals surface area contributed by atoms with E-state index in [0.29, 0.717) is 15.7 Å². The highest BCUT2D eigenvalue weighted by Gasteiger charge is 2.07. The Labute approximate surface area is 103 Å². The lowest BCUT2D eigenvalue weighted by molar-refractivity contribution is 1.32. The molecule has 0 atom stereocenters. The molecule has 1 rings (SSSR count). The van der Waals surface area contributed by atoms with Crippen molar-refractivity contribution in [3.63, 3.8) is 0 Å². The summed E-state index contributed by atoms with van der Waals surface area (Å²) >= 11 is 11.9. The van der Waals surface area contributed by atoms with Crippen LogP contribution in [0, 0.1) is 29.6 Å². The third-order valence-electron chi connectivity index (χ3n) is 1.78. The SMILES string of the molecule is Cc1ccc(Cl)c(NN=C(C#N)C#N)c1Cl. The van der Waals surface area contributed by atoms with Crippen LogP contribution in [0.5, 0.6) is 0 Å². The number of aryl methyl sites for hydroxylation is 1. The Balaban J connectivity index is 3.09. The van der Waals surface area contributed by atoms with Crippen molar-refractivity contribution >= 4 is 34.6 Å². The van der Waals surface area contributed by atoms with Crippen molar-refractivity contribution in [2.75, 3.05) is 5.43 Å². The van der Waals surface area contributed by atoms with Gasteiger partial charge in [-0.1, -0.05) is 29.3 Å². The molecule has 0 fully saturated rings. The van der Waals surface area contributed by atoms with Crippen LogP contribution in [0.4, 0.5) is 5.69 Å². The van der Waals surface area contributed by atoms with Crippen LogP contribution in [0.2, 0.25) is 10.0 Å². The molecule has 0 aliphatic carbocycles. The van der Waals surface area contributed by atoms with Crippen molar-refractivity contribution in [2.45, 2.75) is 6.92 Å². The minimum Gasteiger partial charge on any atom is -0.273 e. The molecule has 16 heavy (non-hydrogen) atoms. The van der Waals surface area contributed by atoms with E-state index in [1.54, 1.807) is 24.3 Å². The number of nitrogens with one attached hydrogen (secondary N) is 1. The monoisotopic (exact) mass is 252 g/mol. The highest BCUT2D eigenvalue weighted by atomic mass is 35.5. The topological polar surface area (TPSA) is 72.0 Å². The average Bonchev–Trinajstić information content (AvgIpc) is 2.29. The van der Waals surface area contributed by atoms with E-state index in [1.165, 1.54) is 0 Å². The van der Waals surface area contributed by atoms with E-state index in [1.807, 2.05) is 6.92 Å². The number of nitriles is 2. The van der Waals surface area contributed by atoms with Gasteiger partial charge in [0.15, 0.2) is 0 Å². The molecular formula is C10H6Cl2N4. The minimum absolute atomic E-state index is 0.298. The largest absolute Gasteiger partial charge is 0.273 e. The first-order valence-corrected chi connectivity index (χ1v) is 4.94. The first-order chi connectivity index (χ1) is 7.60. The number of hydrazone groups is 1. The molecule has 4 nitrogen and oxygen atoms in total. The molecule has 0 saturated carbocycles. The third-order valence-corrected chi connectivity index (χ3v) is 2.58. The van der Waals surface area contributed by atoms with Gasteiger partial charge in [0.05, 0.1) is 15.7 Å². The van der Waals surface area contributed by atoms with Crippen LogP contribution in [0.1, 0.15) is 5.56 Å². The van der Waals surface area contributed by atoms with Crippen LogP contribution in [0.3, 0.4) is 0 Å². The Hall–Kier alpha value is -1.75. The second-order valence-corrected chi connectivity index (χ2v) is 3.63. The smallest absolute Gasteiger partial charge is 0.237 e. The van der Waals surface area contributed by atoms with E-state index in [0.717, 1.165) is 5.56 Å². The van der Waals surface area contributed by atoms with Gasteiger partial charge in [-0.3, -0.25) is 5.43 Å². The lowest BCUT2D eigenvalue weighted by Gasteiger charge is -2.07. The molecular weight excluding hydrogens is 247 g/mol. The zero-order chi connectivity index (χ0) is 12.1. The molecule has 0 bridgehead atoms. The fraction of sp³-hybridized carbons (Fsp3) is 0.100. The van der Waals surface area contributed by atoms with Crippen LogP contribution >= 0.6 is 23.2 Å². The predicted molar refractivity (Wildman–Crippen MR) is 63.5 cm³/mol. The van der Waals surface area contributed by atoms with Gasteiger partial charge in [-0.25, -0.2) is 0 Å². The number of hydrogen-bond acceptors (Lipinski definition) is 4. The number of benzene rings is 1. The van der Waals surface area contributed by atoms with E-state index >= 15 is 0 Å².